The third-order valence-corrected chi connectivity index (χ3v) is 4.76. The van der Waals surface area contributed by atoms with Crippen LogP contribution in [0.3, 0.4) is 0 Å². The van der Waals surface area contributed by atoms with Gasteiger partial charge in [-0.3, -0.25) is 0 Å². The van der Waals surface area contributed by atoms with Crippen molar-refractivity contribution in [2.45, 2.75) is 57.8 Å². The van der Waals surface area contributed by atoms with Crippen molar-refractivity contribution in [1.82, 2.24) is 0 Å². The molecule has 104 valence electrons. The van der Waals surface area contributed by atoms with E-state index in [-0.39, 0.29) is 0 Å². The summed E-state index contributed by atoms with van der Waals surface area (Å²) < 4.78 is 0. The summed E-state index contributed by atoms with van der Waals surface area (Å²) in [6.07, 6.45) is 8.41. The number of benzene rings is 1. The van der Waals surface area contributed by atoms with Crippen LogP contribution in [0.5, 0.6) is 5.75 Å². The molecule has 1 aromatic rings. The largest absolute Gasteiger partial charge is 0.508 e. The fourth-order valence-corrected chi connectivity index (χ4v) is 3.35. The van der Waals surface area contributed by atoms with Crippen LogP contribution in [0.25, 0.3) is 0 Å². The third kappa shape index (κ3) is 3.02. The number of rotatable bonds is 7. The van der Waals surface area contributed by atoms with Crippen molar-refractivity contribution < 1.29 is 5.11 Å². The molecule has 0 saturated carbocycles. The Bertz CT molecular complexity index is 435. The maximum absolute atomic E-state index is 9.57. The summed E-state index contributed by atoms with van der Waals surface area (Å²) in [5.41, 5.74) is 2.81. The first-order valence-corrected chi connectivity index (χ1v) is 7.62. The lowest BCUT2D eigenvalue weighted by atomic mass is 9.67. The smallest absolute Gasteiger partial charge is 0.115 e. The summed E-state index contributed by atoms with van der Waals surface area (Å²) in [6.45, 7) is 8.44. The van der Waals surface area contributed by atoms with Gasteiger partial charge in [0.05, 0.1) is 0 Å². The first kappa shape index (κ1) is 14.2. The van der Waals surface area contributed by atoms with E-state index < -0.39 is 0 Å². The van der Waals surface area contributed by atoms with Gasteiger partial charge in [0.1, 0.15) is 5.75 Å². The zero-order valence-electron chi connectivity index (χ0n) is 12.2. The minimum atomic E-state index is 0.411. The van der Waals surface area contributed by atoms with Crippen molar-refractivity contribution in [3.63, 3.8) is 0 Å². The van der Waals surface area contributed by atoms with E-state index in [2.05, 4.69) is 32.6 Å². The highest BCUT2D eigenvalue weighted by Crippen LogP contribution is 2.50. The van der Waals surface area contributed by atoms with Gasteiger partial charge in [-0.2, -0.15) is 0 Å². The van der Waals surface area contributed by atoms with Gasteiger partial charge in [-0.25, -0.2) is 0 Å². The number of unbranched alkanes of at least 4 members (excludes halogenated alkanes) is 1. The van der Waals surface area contributed by atoms with Crippen molar-refractivity contribution in [1.29, 1.82) is 0 Å². The molecular weight excluding hydrogens is 232 g/mol. The van der Waals surface area contributed by atoms with Crippen LogP contribution in [-0.4, -0.2) is 5.11 Å². The number of phenols is 1. The van der Waals surface area contributed by atoms with Crippen LogP contribution in [-0.2, 0) is 0 Å². The van der Waals surface area contributed by atoms with E-state index in [4.69, 9.17) is 0 Å². The first-order chi connectivity index (χ1) is 9.17. The Kier molecular flexibility index (Phi) is 4.68. The summed E-state index contributed by atoms with van der Waals surface area (Å²) in [4.78, 5) is 0. The van der Waals surface area contributed by atoms with E-state index >= 15 is 0 Å². The molecule has 1 aliphatic carbocycles. The minimum absolute atomic E-state index is 0.411. The number of phenolic OH excluding ortho intramolecular Hbond substituents is 1. The Morgan fingerprint density at radius 1 is 1.32 bits per heavy atom. The molecule has 0 spiro atoms. The van der Waals surface area contributed by atoms with Crippen LogP contribution in [0.2, 0.25) is 0 Å². The second kappa shape index (κ2) is 6.27. The molecule has 1 aromatic carbocycles. The van der Waals surface area contributed by atoms with Gasteiger partial charge >= 0.3 is 0 Å². The molecule has 1 aliphatic rings. The normalized spacial score (nSPS) is 22.4. The number of aromatic hydroxyl groups is 1. The standard InChI is InChI=1S/C18H26O/c1-4-14(5-2)8-6-7-9-16-13(3)17-11-10-15(19)12-18(16)17/h4,10-14,16,19H,1,5-9H2,2-3H3. The average Bonchev–Trinajstić information content (AvgIpc) is 2.42. The molecule has 3 unspecified atom stereocenters. The van der Waals surface area contributed by atoms with Crippen molar-refractivity contribution in [2.24, 2.45) is 5.92 Å². The maximum Gasteiger partial charge on any atom is 0.115 e. The molecule has 0 radical (unpaired) electrons. The summed E-state index contributed by atoms with van der Waals surface area (Å²) in [5, 5.41) is 9.57. The van der Waals surface area contributed by atoms with Gasteiger partial charge < -0.3 is 5.11 Å². The minimum Gasteiger partial charge on any atom is -0.508 e. The lowest BCUT2D eigenvalue weighted by molar-refractivity contribution is 0.424. The SMILES string of the molecule is C=CC(CC)CCCCC1c2cc(O)ccc2C1C. The van der Waals surface area contributed by atoms with Crippen LogP contribution < -0.4 is 0 Å². The third-order valence-electron chi connectivity index (χ3n) is 4.76. The highest BCUT2D eigenvalue weighted by molar-refractivity contribution is 5.48. The number of hydrogen-bond acceptors (Lipinski definition) is 1. The second-order valence-electron chi connectivity index (χ2n) is 5.90. The van der Waals surface area contributed by atoms with E-state index in [1.165, 1.54) is 43.2 Å². The summed E-state index contributed by atoms with van der Waals surface area (Å²) >= 11 is 0. The van der Waals surface area contributed by atoms with E-state index in [0.717, 1.165) is 0 Å². The van der Waals surface area contributed by atoms with Crippen LogP contribution >= 0.6 is 0 Å². The molecule has 3 atom stereocenters. The highest BCUT2D eigenvalue weighted by atomic mass is 16.3. The first-order valence-electron chi connectivity index (χ1n) is 7.62. The van der Waals surface area contributed by atoms with Crippen molar-refractivity contribution >= 4 is 0 Å². The average molecular weight is 258 g/mol. The zero-order chi connectivity index (χ0) is 13.8. The lowest BCUT2D eigenvalue weighted by Gasteiger charge is -2.37. The van der Waals surface area contributed by atoms with Gasteiger partial charge in [0.2, 0.25) is 0 Å². The fourth-order valence-electron chi connectivity index (χ4n) is 3.35. The Balaban J connectivity index is 1.80. The van der Waals surface area contributed by atoms with Crippen LogP contribution in [0.1, 0.15) is 68.9 Å². The van der Waals surface area contributed by atoms with Gasteiger partial charge in [-0.05, 0) is 60.3 Å². The summed E-state index contributed by atoms with van der Waals surface area (Å²) in [6, 6.07) is 5.84. The fraction of sp³-hybridized carbons (Fsp3) is 0.556. The van der Waals surface area contributed by atoms with Gasteiger partial charge in [-0.1, -0.05) is 38.8 Å². The molecule has 1 nitrogen and oxygen atoms in total. The molecule has 0 heterocycles. The predicted molar refractivity (Wildman–Crippen MR) is 81.7 cm³/mol. The van der Waals surface area contributed by atoms with Crippen molar-refractivity contribution in [2.75, 3.05) is 0 Å². The number of fused-ring (bicyclic) bond motifs is 1. The molecule has 0 bridgehead atoms. The van der Waals surface area contributed by atoms with Gasteiger partial charge in [-0.15, -0.1) is 6.58 Å². The quantitative estimate of drug-likeness (QED) is 0.515. The zero-order valence-corrected chi connectivity index (χ0v) is 12.2. The lowest BCUT2D eigenvalue weighted by Crippen LogP contribution is -2.21. The van der Waals surface area contributed by atoms with Crippen LogP contribution in [0, 0.1) is 5.92 Å². The van der Waals surface area contributed by atoms with Crippen molar-refractivity contribution in [3.05, 3.63) is 42.0 Å². The Morgan fingerprint density at radius 2 is 2.11 bits per heavy atom. The monoisotopic (exact) mass is 258 g/mol. The summed E-state index contributed by atoms with van der Waals surface area (Å²) in [7, 11) is 0. The van der Waals surface area contributed by atoms with Gasteiger partial charge in [0, 0.05) is 0 Å². The van der Waals surface area contributed by atoms with Crippen molar-refractivity contribution in [3.8, 4) is 5.75 Å². The number of allylic oxidation sites excluding steroid dienone is 1. The Morgan fingerprint density at radius 3 is 2.79 bits per heavy atom. The highest BCUT2D eigenvalue weighted by Gasteiger charge is 2.33. The van der Waals surface area contributed by atoms with Crippen LogP contribution in [0.15, 0.2) is 30.9 Å². The van der Waals surface area contributed by atoms with E-state index in [0.29, 0.717) is 23.5 Å². The van der Waals surface area contributed by atoms with E-state index in [9.17, 15) is 5.11 Å². The predicted octanol–water partition coefficient (Wildman–Crippen LogP) is 5.37. The molecule has 1 heteroatoms. The molecule has 0 aromatic heterocycles. The van der Waals surface area contributed by atoms with E-state index in [1.807, 2.05) is 12.1 Å². The second-order valence-corrected chi connectivity index (χ2v) is 5.90. The van der Waals surface area contributed by atoms with Gasteiger partial charge in [0.25, 0.3) is 0 Å². The summed E-state index contributed by atoms with van der Waals surface area (Å²) in [5.74, 6) is 2.42. The van der Waals surface area contributed by atoms with Crippen LogP contribution in [0.4, 0.5) is 0 Å². The molecule has 2 rings (SSSR count). The maximum atomic E-state index is 9.57. The Labute approximate surface area is 117 Å². The molecule has 19 heavy (non-hydrogen) atoms. The molecule has 0 fully saturated rings. The topological polar surface area (TPSA) is 20.2 Å². The molecule has 0 aliphatic heterocycles. The van der Waals surface area contributed by atoms with E-state index in [1.54, 1.807) is 0 Å². The van der Waals surface area contributed by atoms with Gasteiger partial charge in [0.15, 0.2) is 0 Å². The molecule has 1 N–H and O–H groups in total. The Hall–Kier alpha value is -1.24. The molecule has 0 amide bonds. The molecule has 0 saturated heterocycles. The number of hydrogen-bond donors (Lipinski definition) is 1. The molecular formula is C18H26O.